The number of amides is 3. The first kappa shape index (κ1) is 36.3. The van der Waals surface area contributed by atoms with Crippen LogP contribution in [0.15, 0.2) is 24.3 Å². The van der Waals surface area contributed by atoms with Gasteiger partial charge in [-0.1, -0.05) is 62.4 Å². The third kappa shape index (κ3) is 14.6. The number of aryl methyl sites for hydroxylation is 1. The van der Waals surface area contributed by atoms with Gasteiger partial charge in [0, 0.05) is 13.1 Å². The van der Waals surface area contributed by atoms with Crippen LogP contribution >= 0.6 is 11.8 Å². The van der Waals surface area contributed by atoms with Crippen molar-refractivity contribution in [1.82, 2.24) is 15.5 Å². The van der Waals surface area contributed by atoms with Gasteiger partial charge in [-0.15, -0.1) is 0 Å². The topological polar surface area (TPSA) is 114 Å². The van der Waals surface area contributed by atoms with Gasteiger partial charge < -0.3 is 25.0 Å². The zero-order chi connectivity index (χ0) is 30.8. The minimum absolute atomic E-state index is 0.0294. The molecule has 0 heterocycles. The van der Waals surface area contributed by atoms with Gasteiger partial charge in [0.1, 0.15) is 17.7 Å². The van der Waals surface area contributed by atoms with Crippen LogP contribution in [0.3, 0.4) is 0 Å². The number of hydrogen-bond acceptors (Lipinski definition) is 7. The van der Waals surface area contributed by atoms with Crippen molar-refractivity contribution in [3.8, 4) is 0 Å². The molecule has 3 amide bonds. The predicted molar refractivity (Wildman–Crippen MR) is 165 cm³/mol. The van der Waals surface area contributed by atoms with E-state index in [0.29, 0.717) is 30.7 Å². The molecule has 0 radical (unpaired) electrons. The van der Waals surface area contributed by atoms with Crippen LogP contribution < -0.4 is 10.6 Å². The van der Waals surface area contributed by atoms with Crippen molar-refractivity contribution in [2.45, 2.75) is 104 Å². The van der Waals surface area contributed by atoms with Crippen LogP contribution in [-0.2, 0) is 23.9 Å². The van der Waals surface area contributed by atoms with Gasteiger partial charge in [-0.25, -0.2) is 4.79 Å². The van der Waals surface area contributed by atoms with Crippen LogP contribution in [0, 0.1) is 6.92 Å². The maximum absolute atomic E-state index is 14.2. The average Bonchev–Trinajstić information content (AvgIpc) is 2.89. The number of esters is 1. The van der Waals surface area contributed by atoms with Gasteiger partial charge >= 0.3 is 12.1 Å². The summed E-state index contributed by atoms with van der Waals surface area (Å²) in [5, 5.41) is 5.61. The molecule has 41 heavy (non-hydrogen) atoms. The number of carbonyl (C=O) groups is 4. The fraction of sp³-hybridized carbons (Fsp3) is 0.677. The van der Waals surface area contributed by atoms with Gasteiger partial charge in [0.2, 0.25) is 11.8 Å². The summed E-state index contributed by atoms with van der Waals surface area (Å²) in [7, 11) is 0. The highest BCUT2D eigenvalue weighted by Gasteiger charge is 2.36. The summed E-state index contributed by atoms with van der Waals surface area (Å²) < 4.78 is 10.4. The van der Waals surface area contributed by atoms with E-state index < -0.39 is 29.7 Å². The lowest BCUT2D eigenvalue weighted by molar-refractivity contribution is -0.144. The summed E-state index contributed by atoms with van der Waals surface area (Å²) in [5.41, 5.74) is 0.897. The standard InChI is InChI=1S/C31H51N3O6S/c1-8-10-11-12-13-20-34(29(37)25(18-21-41-7)33-30(38)40-31(4,5)6)27(24-16-14-15-23(3)22-24)28(36)32-19-17-26(35)39-9-2/h14-16,22,25,27H,8-13,17-21H2,1-7H3,(H,32,36)(H,33,38). The largest absolute Gasteiger partial charge is 0.466 e. The highest BCUT2D eigenvalue weighted by atomic mass is 32.2. The molecule has 0 aliphatic heterocycles. The SMILES string of the molecule is CCCCCCCN(C(=O)C(CCSC)NC(=O)OC(C)(C)C)C(C(=O)NCCC(=O)OCC)c1cccc(C)c1. The number of carbonyl (C=O) groups excluding carboxylic acids is 4. The van der Waals surface area contributed by atoms with Gasteiger partial charge in [-0.3, -0.25) is 14.4 Å². The van der Waals surface area contributed by atoms with E-state index in [2.05, 4.69) is 17.6 Å². The first-order valence-corrected chi connectivity index (χ1v) is 16.1. The van der Waals surface area contributed by atoms with Crippen molar-refractivity contribution in [2.75, 3.05) is 31.7 Å². The molecule has 1 aromatic rings. The Labute approximate surface area is 250 Å². The summed E-state index contributed by atoms with van der Waals surface area (Å²) in [6.45, 7) is 11.8. The summed E-state index contributed by atoms with van der Waals surface area (Å²) in [6.07, 6.45) is 6.53. The molecule has 0 aliphatic carbocycles. The lowest BCUT2D eigenvalue weighted by Gasteiger charge is -2.34. The van der Waals surface area contributed by atoms with E-state index in [-0.39, 0.29) is 31.4 Å². The highest BCUT2D eigenvalue weighted by Crippen LogP contribution is 2.25. The third-order valence-corrected chi connectivity index (χ3v) is 6.88. The molecule has 1 aromatic carbocycles. The first-order valence-electron chi connectivity index (χ1n) is 14.7. The number of rotatable bonds is 18. The van der Waals surface area contributed by atoms with Crippen molar-refractivity contribution < 1.29 is 28.7 Å². The molecule has 2 unspecified atom stereocenters. The van der Waals surface area contributed by atoms with E-state index in [9.17, 15) is 19.2 Å². The number of ether oxygens (including phenoxy) is 2. The Morgan fingerprint density at radius 1 is 1.05 bits per heavy atom. The summed E-state index contributed by atoms with van der Waals surface area (Å²) >= 11 is 1.57. The number of unbranched alkanes of at least 4 members (excludes halogenated alkanes) is 4. The van der Waals surface area contributed by atoms with E-state index >= 15 is 0 Å². The van der Waals surface area contributed by atoms with Gasteiger partial charge in [0.15, 0.2) is 0 Å². The molecule has 0 saturated carbocycles. The summed E-state index contributed by atoms with van der Waals surface area (Å²) in [5.74, 6) is -0.491. The fourth-order valence-electron chi connectivity index (χ4n) is 4.33. The highest BCUT2D eigenvalue weighted by molar-refractivity contribution is 7.98. The maximum Gasteiger partial charge on any atom is 0.408 e. The summed E-state index contributed by atoms with van der Waals surface area (Å²) in [4.78, 5) is 54.2. The summed E-state index contributed by atoms with van der Waals surface area (Å²) in [6, 6.07) is 5.71. The molecule has 232 valence electrons. The Bertz CT molecular complexity index is 965. The zero-order valence-electron chi connectivity index (χ0n) is 26.0. The monoisotopic (exact) mass is 593 g/mol. The van der Waals surface area contributed by atoms with Crippen molar-refractivity contribution in [1.29, 1.82) is 0 Å². The van der Waals surface area contributed by atoms with E-state index in [1.165, 1.54) is 0 Å². The molecule has 0 saturated heterocycles. The number of benzene rings is 1. The Hall–Kier alpha value is -2.75. The second-order valence-corrected chi connectivity index (χ2v) is 12.1. The molecule has 9 nitrogen and oxygen atoms in total. The van der Waals surface area contributed by atoms with Crippen LogP contribution in [0.5, 0.6) is 0 Å². The Kier molecular flexibility index (Phi) is 17.2. The number of nitrogens with one attached hydrogen (secondary N) is 2. The minimum Gasteiger partial charge on any atom is -0.466 e. The Morgan fingerprint density at radius 2 is 1.76 bits per heavy atom. The maximum atomic E-state index is 14.2. The van der Waals surface area contributed by atoms with Gasteiger partial charge in [0.05, 0.1) is 13.0 Å². The molecule has 0 spiro atoms. The molecule has 0 bridgehead atoms. The average molecular weight is 594 g/mol. The van der Waals surface area contributed by atoms with Crippen LogP contribution in [0.4, 0.5) is 4.79 Å². The Balaban J connectivity index is 3.41. The third-order valence-electron chi connectivity index (χ3n) is 6.24. The second-order valence-electron chi connectivity index (χ2n) is 11.1. The smallest absolute Gasteiger partial charge is 0.408 e. The molecule has 1 rings (SSSR count). The van der Waals surface area contributed by atoms with Crippen molar-refractivity contribution >= 4 is 35.6 Å². The normalized spacial score (nSPS) is 12.7. The predicted octanol–water partition coefficient (Wildman–Crippen LogP) is 5.55. The molecule has 0 fully saturated rings. The van der Waals surface area contributed by atoms with E-state index in [1.807, 2.05) is 37.4 Å². The molecule has 10 heteroatoms. The lowest BCUT2D eigenvalue weighted by atomic mass is 9.99. The lowest BCUT2D eigenvalue weighted by Crippen LogP contribution is -2.53. The molecular formula is C31H51N3O6S. The van der Waals surface area contributed by atoms with Crippen molar-refractivity contribution in [3.63, 3.8) is 0 Å². The van der Waals surface area contributed by atoms with Gasteiger partial charge in [-0.2, -0.15) is 11.8 Å². The van der Waals surface area contributed by atoms with Crippen LogP contribution in [0.25, 0.3) is 0 Å². The zero-order valence-corrected chi connectivity index (χ0v) is 26.9. The molecule has 2 N–H and O–H groups in total. The van der Waals surface area contributed by atoms with Crippen molar-refractivity contribution in [3.05, 3.63) is 35.4 Å². The molecule has 2 atom stereocenters. The van der Waals surface area contributed by atoms with E-state index in [0.717, 1.165) is 31.2 Å². The van der Waals surface area contributed by atoms with E-state index in [4.69, 9.17) is 9.47 Å². The van der Waals surface area contributed by atoms with Crippen LogP contribution in [0.1, 0.15) is 96.7 Å². The second kappa shape index (κ2) is 19.4. The van der Waals surface area contributed by atoms with Gasteiger partial charge in [0.25, 0.3) is 0 Å². The number of alkyl carbamates (subject to hydrolysis) is 1. The number of hydrogen-bond donors (Lipinski definition) is 2. The quantitative estimate of drug-likeness (QED) is 0.169. The van der Waals surface area contributed by atoms with Crippen LogP contribution in [-0.4, -0.2) is 72.1 Å². The number of thioether (sulfide) groups is 1. The Morgan fingerprint density at radius 3 is 2.37 bits per heavy atom. The fourth-order valence-corrected chi connectivity index (χ4v) is 4.80. The molecule has 0 aromatic heterocycles. The minimum atomic E-state index is -0.937. The van der Waals surface area contributed by atoms with E-state index in [1.54, 1.807) is 44.4 Å². The van der Waals surface area contributed by atoms with Crippen molar-refractivity contribution in [2.24, 2.45) is 0 Å². The number of nitrogens with zero attached hydrogens (tertiary/aromatic N) is 1. The van der Waals surface area contributed by atoms with Crippen LogP contribution in [0.2, 0.25) is 0 Å². The van der Waals surface area contributed by atoms with Gasteiger partial charge in [-0.05, 0) is 65.0 Å². The molecular weight excluding hydrogens is 542 g/mol. The first-order chi connectivity index (χ1) is 19.4. The molecule has 0 aliphatic rings.